The number of para-hydroxylation sites is 1. The number of β-amino-alcohol motifs (C(OH)–C–C–N with tert-alkyl or cyclic N) is 1. The number of anilines is 3. The van der Waals surface area contributed by atoms with Gasteiger partial charge < -0.3 is 59.8 Å². The van der Waals surface area contributed by atoms with Gasteiger partial charge in [-0.1, -0.05) is 50.2 Å². The number of pyridine rings is 1. The number of carboxylic acid groups (broad SMARTS) is 1. The lowest BCUT2D eigenvalue weighted by atomic mass is 9.91. The number of amides is 2. The predicted octanol–water partition coefficient (Wildman–Crippen LogP) is 7.39. The highest BCUT2D eigenvalue weighted by molar-refractivity contribution is 7.13. The van der Waals surface area contributed by atoms with Crippen LogP contribution in [0.15, 0.2) is 89.0 Å². The number of nitrogens with two attached hydrogens (primary N) is 1. The van der Waals surface area contributed by atoms with Gasteiger partial charge in [-0.05, 0) is 91.9 Å². The standard InChI is InChI=1S/C60H73N11O10S/c1-35(2)56(60(77)70-33-42(72)26-50(70)59(76)64-47(8-6-10-55(74)75)37-11-13-38(14-12-37)57-36(3)63-34-82-57)52-30-54(67-81-52)78-24-23-68-21-18-43(19-22-68)79-44-27-45(28-44)80-53-25-39(17-20-62-53)71-40-15-16-41(71)32-69(31-40)49-29-48(65-66-58(49)61)46-7-4-5-9-51(46)73/h4-5,7,9,11-14,17,20,25,29-30,34-35,40-45,47,50,56,72-73H,6,8,10,15-16,18-19,21-24,26-28,31-33H2,1-3H3,(H2,61,66)(H,64,76)(H,74,75)/t40?,41?,42-,44-,45-,47-,50+,56?/m1/s1. The van der Waals surface area contributed by atoms with Crippen molar-refractivity contribution in [2.45, 2.75) is 139 Å². The van der Waals surface area contributed by atoms with Gasteiger partial charge in [0.1, 0.15) is 30.4 Å². The predicted molar refractivity (Wildman–Crippen MR) is 308 cm³/mol. The number of aromatic hydroxyl groups is 1. The fourth-order valence-electron chi connectivity index (χ4n) is 12.5. The van der Waals surface area contributed by atoms with Crippen LogP contribution >= 0.6 is 11.3 Å². The summed E-state index contributed by atoms with van der Waals surface area (Å²) in [5, 5.41) is 46.5. The monoisotopic (exact) mass is 1140 g/mol. The maximum Gasteiger partial charge on any atom is 0.303 e. The van der Waals surface area contributed by atoms with E-state index in [-0.39, 0.29) is 73.2 Å². The molecule has 434 valence electrons. The number of carbonyl (C=O) groups excluding carboxylic acids is 2. The number of nitrogens with one attached hydrogen (secondary N) is 1. The van der Waals surface area contributed by atoms with E-state index >= 15 is 0 Å². The number of benzene rings is 2. The lowest BCUT2D eigenvalue weighted by Crippen LogP contribution is -2.54. The first-order chi connectivity index (χ1) is 39.7. The normalized spacial score (nSPS) is 22.7. The molecule has 1 saturated carbocycles. The minimum absolute atomic E-state index is 0.0213. The number of rotatable bonds is 22. The number of hydrogen-bond acceptors (Lipinski definition) is 19. The average molecular weight is 1140 g/mol. The first-order valence-electron chi connectivity index (χ1n) is 28.8. The Morgan fingerprint density at radius 2 is 1.66 bits per heavy atom. The summed E-state index contributed by atoms with van der Waals surface area (Å²) in [5.41, 5.74) is 14.1. The Kier molecular flexibility index (Phi) is 17.2. The number of aromatic nitrogens is 5. The Bertz CT molecular complexity index is 3170. The summed E-state index contributed by atoms with van der Waals surface area (Å²) in [6, 6.07) is 21.7. The van der Waals surface area contributed by atoms with Gasteiger partial charge in [0, 0.05) is 107 Å². The summed E-state index contributed by atoms with van der Waals surface area (Å²) in [4.78, 5) is 58.6. The van der Waals surface area contributed by atoms with Gasteiger partial charge in [-0.2, -0.15) is 0 Å². The van der Waals surface area contributed by atoms with Crippen LogP contribution in [0.5, 0.6) is 17.5 Å². The lowest BCUT2D eigenvalue weighted by molar-refractivity contribution is -0.141. The molecule has 2 aromatic carbocycles. The number of phenolic OH excluding ortho intramolecular Hbond substituents is 1. The number of carboxylic acids is 1. The number of nitrogens with zero attached hydrogens (tertiary/aromatic N) is 9. The largest absolute Gasteiger partial charge is 0.507 e. The number of likely N-dealkylation sites (tertiary alicyclic amines) is 2. The first-order valence-corrected chi connectivity index (χ1v) is 29.6. The second-order valence-corrected chi connectivity index (χ2v) is 23.7. The number of phenols is 1. The zero-order chi connectivity index (χ0) is 57.0. The summed E-state index contributed by atoms with van der Waals surface area (Å²) < 4.78 is 24.8. The van der Waals surface area contributed by atoms with Gasteiger partial charge >= 0.3 is 5.97 Å². The van der Waals surface area contributed by atoms with Crippen LogP contribution in [0.25, 0.3) is 21.7 Å². The van der Waals surface area contributed by atoms with E-state index in [0.717, 1.165) is 97.8 Å². The van der Waals surface area contributed by atoms with Crippen molar-refractivity contribution in [3.8, 4) is 39.2 Å². The second kappa shape index (κ2) is 25.0. The number of aliphatic carboxylic acids is 1. The molecule has 6 aromatic rings. The van der Waals surface area contributed by atoms with Gasteiger partial charge in [0.25, 0.3) is 5.88 Å². The number of nitrogen functional groups attached to an aromatic ring is 1. The number of carbonyl (C=O) groups is 3. The van der Waals surface area contributed by atoms with Crippen LogP contribution in [0.2, 0.25) is 0 Å². The van der Waals surface area contributed by atoms with E-state index in [1.54, 1.807) is 35.0 Å². The number of hydrogen-bond donors (Lipinski definition) is 5. The smallest absolute Gasteiger partial charge is 0.303 e. The number of piperazine rings is 1. The minimum Gasteiger partial charge on any atom is -0.507 e. The van der Waals surface area contributed by atoms with Crippen LogP contribution in [-0.2, 0) is 19.1 Å². The summed E-state index contributed by atoms with van der Waals surface area (Å²) >= 11 is 1.54. The molecule has 3 unspecified atom stereocenters. The third-order valence-electron chi connectivity index (χ3n) is 16.9. The summed E-state index contributed by atoms with van der Waals surface area (Å²) in [6.07, 6.45) is 7.55. The SMILES string of the molecule is Cc1ncsc1-c1ccc([C@@H](CCCC(=O)O)NC(=O)[C@@H]2C[C@@H](O)CN2C(=O)C(c2cc(OCCN3CCC(O[C@H]4C[C@H](Oc5cc(N6C7CCC6CN(c6cc(-c8ccccc8O)nnc6N)C7)ccn5)C4)CC3)no2)C(C)C)cc1. The molecule has 6 N–H and O–H groups in total. The van der Waals surface area contributed by atoms with Crippen molar-refractivity contribution >= 4 is 46.3 Å². The van der Waals surface area contributed by atoms with E-state index in [1.165, 1.54) is 4.90 Å². The first kappa shape index (κ1) is 56.5. The van der Waals surface area contributed by atoms with E-state index < -0.39 is 36.0 Å². The highest BCUT2D eigenvalue weighted by atomic mass is 32.1. The van der Waals surface area contributed by atoms with Crippen molar-refractivity contribution in [1.29, 1.82) is 0 Å². The van der Waals surface area contributed by atoms with Crippen molar-refractivity contribution < 1.29 is 48.4 Å². The molecular formula is C60H73N11O10S. The number of thiazole rings is 1. The zero-order valence-corrected chi connectivity index (χ0v) is 47.4. The maximum absolute atomic E-state index is 14.4. The van der Waals surface area contributed by atoms with Crippen molar-refractivity contribution in [3.63, 3.8) is 0 Å². The van der Waals surface area contributed by atoms with Crippen molar-refractivity contribution in [2.24, 2.45) is 5.92 Å². The third-order valence-corrected chi connectivity index (χ3v) is 17.8. The van der Waals surface area contributed by atoms with E-state index in [2.05, 4.69) is 57.5 Å². The number of aliphatic hydroxyl groups is 1. The van der Waals surface area contributed by atoms with Gasteiger partial charge in [-0.15, -0.1) is 21.5 Å². The molecule has 5 fully saturated rings. The molecule has 0 radical (unpaired) electrons. The third kappa shape index (κ3) is 12.8. The molecular weight excluding hydrogens is 1070 g/mol. The number of ether oxygens (including phenoxy) is 3. The molecule has 11 rings (SSSR count). The molecule has 1 aliphatic carbocycles. The van der Waals surface area contributed by atoms with Gasteiger partial charge in [-0.25, -0.2) is 9.97 Å². The fraction of sp³-hybridized carbons (Fsp3) is 0.500. The van der Waals surface area contributed by atoms with Crippen LogP contribution in [0, 0.1) is 12.8 Å². The maximum atomic E-state index is 14.4. The minimum atomic E-state index is -0.950. The van der Waals surface area contributed by atoms with Crippen LogP contribution in [0.3, 0.4) is 0 Å². The van der Waals surface area contributed by atoms with Gasteiger partial charge in [0.05, 0.1) is 51.8 Å². The van der Waals surface area contributed by atoms with Gasteiger partial charge in [0.2, 0.25) is 17.7 Å². The van der Waals surface area contributed by atoms with Gasteiger partial charge in [-0.3, -0.25) is 19.3 Å². The molecule has 4 saturated heterocycles. The van der Waals surface area contributed by atoms with Crippen molar-refractivity contribution in [1.82, 2.24) is 40.4 Å². The molecule has 0 spiro atoms. The number of aliphatic hydroxyl groups excluding tert-OH is 1. The van der Waals surface area contributed by atoms with E-state index in [4.69, 9.17) is 24.5 Å². The fourth-order valence-corrected chi connectivity index (χ4v) is 13.3. The Labute approximate surface area is 480 Å². The molecule has 5 aliphatic rings. The van der Waals surface area contributed by atoms with E-state index in [0.29, 0.717) is 54.7 Å². The Hall–Kier alpha value is -7.40. The Morgan fingerprint density at radius 1 is 0.890 bits per heavy atom. The summed E-state index contributed by atoms with van der Waals surface area (Å²) in [7, 11) is 0. The van der Waals surface area contributed by atoms with Crippen LogP contribution in [0.4, 0.5) is 17.2 Å². The molecule has 22 heteroatoms. The molecule has 4 aromatic heterocycles. The quantitative estimate of drug-likeness (QED) is 0.0443. The molecule has 2 bridgehead atoms. The molecule has 6 atom stereocenters. The Morgan fingerprint density at radius 3 is 2.38 bits per heavy atom. The summed E-state index contributed by atoms with van der Waals surface area (Å²) in [5.74, 6) is -0.996. The highest BCUT2D eigenvalue weighted by Gasteiger charge is 2.45. The number of fused-ring (bicyclic) bond motifs is 2. The molecule has 8 heterocycles. The number of piperidine rings is 1. The Balaban J connectivity index is 0.613. The van der Waals surface area contributed by atoms with Crippen LogP contribution < -0.4 is 30.3 Å². The molecule has 21 nitrogen and oxygen atoms in total. The highest BCUT2D eigenvalue weighted by Crippen LogP contribution is 2.41. The lowest BCUT2D eigenvalue weighted by Gasteiger charge is -2.43. The molecule has 82 heavy (non-hydrogen) atoms. The van der Waals surface area contributed by atoms with E-state index in [1.807, 2.05) is 69.4 Å². The average Bonchev–Trinajstić information content (AvgIpc) is 4.41. The second-order valence-electron chi connectivity index (χ2n) is 22.8. The van der Waals surface area contributed by atoms with Crippen LogP contribution in [-0.4, -0.2) is 157 Å². The van der Waals surface area contributed by atoms with Crippen molar-refractivity contribution in [3.05, 3.63) is 102 Å². The molecule has 2 amide bonds. The topological polar surface area (TPSA) is 268 Å². The van der Waals surface area contributed by atoms with Crippen molar-refractivity contribution in [2.75, 3.05) is 61.4 Å². The van der Waals surface area contributed by atoms with Gasteiger partial charge in [0.15, 0.2) is 11.6 Å². The van der Waals surface area contributed by atoms with Crippen LogP contribution in [0.1, 0.15) is 107 Å². The molecule has 4 aliphatic heterocycles. The van der Waals surface area contributed by atoms with E-state index in [9.17, 15) is 29.7 Å². The number of aryl methyl sites for hydroxylation is 1. The zero-order valence-electron chi connectivity index (χ0n) is 46.6. The summed E-state index contributed by atoms with van der Waals surface area (Å²) in [6.45, 7) is 10.1.